The molecular formula is C32H31N3O6S. The van der Waals surface area contributed by atoms with Crippen molar-refractivity contribution in [3.8, 4) is 17.1 Å². The minimum Gasteiger partial charge on any atom is -0.496 e. The van der Waals surface area contributed by atoms with Crippen LogP contribution in [0.5, 0.6) is 5.75 Å². The molecule has 0 fully saturated rings. The molecule has 4 aromatic rings. The maximum absolute atomic E-state index is 14.0. The highest BCUT2D eigenvalue weighted by Gasteiger charge is 2.35. The van der Waals surface area contributed by atoms with Gasteiger partial charge in [0.2, 0.25) is 0 Å². The van der Waals surface area contributed by atoms with Crippen molar-refractivity contribution < 1.29 is 23.5 Å². The van der Waals surface area contributed by atoms with Crippen molar-refractivity contribution >= 4 is 29.3 Å². The molecule has 0 spiro atoms. The number of nitrogens with zero attached hydrogens (tertiary/aromatic N) is 3. The molecule has 42 heavy (non-hydrogen) atoms. The SMILES string of the molecule is CCN(CC)C(=O)C1=C(C)N=c2s/c(=C/c3ccc(-c4ccc(C(=O)OC)cc4)o3)c(=O)n2[C@@H]1c1ccccc1OC. The lowest BCUT2D eigenvalue weighted by Gasteiger charge is -2.29. The van der Waals surface area contributed by atoms with E-state index in [0.29, 0.717) is 62.1 Å². The number of methoxy groups -OCH3 is 2. The van der Waals surface area contributed by atoms with Crippen LogP contribution in [0.1, 0.15) is 48.5 Å². The summed E-state index contributed by atoms with van der Waals surface area (Å²) in [5.74, 6) is 1.06. The van der Waals surface area contributed by atoms with E-state index in [0.717, 1.165) is 5.56 Å². The van der Waals surface area contributed by atoms with Crippen molar-refractivity contribution in [2.24, 2.45) is 4.99 Å². The average molecular weight is 586 g/mol. The van der Waals surface area contributed by atoms with Crippen LogP contribution in [0.3, 0.4) is 0 Å². The molecular weight excluding hydrogens is 554 g/mol. The third kappa shape index (κ3) is 5.21. The number of rotatable bonds is 8. The zero-order chi connectivity index (χ0) is 30.0. The van der Waals surface area contributed by atoms with Gasteiger partial charge in [-0.1, -0.05) is 41.7 Å². The van der Waals surface area contributed by atoms with Gasteiger partial charge in [0, 0.05) is 30.3 Å². The van der Waals surface area contributed by atoms with Crippen molar-refractivity contribution in [2.45, 2.75) is 26.8 Å². The summed E-state index contributed by atoms with van der Waals surface area (Å²) in [6.45, 7) is 6.72. The van der Waals surface area contributed by atoms with Crippen LogP contribution >= 0.6 is 11.3 Å². The Labute approximate surface area is 246 Å². The van der Waals surface area contributed by atoms with E-state index in [-0.39, 0.29) is 11.5 Å². The average Bonchev–Trinajstić information content (AvgIpc) is 3.60. The molecule has 1 amide bonds. The molecule has 2 aromatic carbocycles. The smallest absolute Gasteiger partial charge is 0.337 e. The molecule has 216 valence electrons. The predicted octanol–water partition coefficient (Wildman–Crippen LogP) is 4.16. The fraction of sp³-hybridized carbons (Fsp3) is 0.250. The third-order valence-electron chi connectivity index (χ3n) is 7.23. The molecule has 0 radical (unpaired) electrons. The van der Waals surface area contributed by atoms with Crippen molar-refractivity contribution in [1.82, 2.24) is 9.47 Å². The van der Waals surface area contributed by atoms with Gasteiger partial charge in [-0.3, -0.25) is 14.2 Å². The molecule has 0 saturated heterocycles. The van der Waals surface area contributed by atoms with Gasteiger partial charge < -0.3 is 18.8 Å². The quantitative estimate of drug-likeness (QED) is 0.288. The van der Waals surface area contributed by atoms with Gasteiger partial charge in [-0.25, -0.2) is 9.79 Å². The van der Waals surface area contributed by atoms with Gasteiger partial charge in [-0.15, -0.1) is 0 Å². The Morgan fingerprint density at radius 1 is 1.05 bits per heavy atom. The van der Waals surface area contributed by atoms with Crippen LogP contribution in [-0.4, -0.2) is 48.7 Å². The number of ether oxygens (including phenoxy) is 2. The van der Waals surface area contributed by atoms with Gasteiger partial charge in [0.25, 0.3) is 11.5 Å². The number of furan rings is 1. The third-order valence-corrected chi connectivity index (χ3v) is 8.21. The minimum atomic E-state index is -0.715. The lowest BCUT2D eigenvalue weighted by atomic mass is 9.94. The highest BCUT2D eigenvalue weighted by molar-refractivity contribution is 7.07. The van der Waals surface area contributed by atoms with Gasteiger partial charge in [-0.05, 0) is 51.1 Å². The molecule has 1 atom stereocenters. The maximum Gasteiger partial charge on any atom is 0.337 e. The van der Waals surface area contributed by atoms with Crippen LogP contribution in [0, 0.1) is 0 Å². The van der Waals surface area contributed by atoms with E-state index < -0.39 is 12.0 Å². The Hall–Kier alpha value is -4.70. The summed E-state index contributed by atoms with van der Waals surface area (Å²) < 4.78 is 18.5. The number of carbonyl (C=O) groups excluding carboxylic acids is 2. The van der Waals surface area contributed by atoms with Crippen molar-refractivity contribution in [2.75, 3.05) is 27.3 Å². The standard InChI is InChI=1S/C32H31N3O6S/c1-6-34(7-2)30(37)27-19(3)33-32-35(28(27)23-10-8-9-11-25(23)39-4)29(36)26(42-32)18-22-16-17-24(41-22)20-12-14-21(15-13-20)31(38)40-5/h8-18,28H,6-7H2,1-5H3/b26-18+/t28-/m1/s1. The van der Waals surface area contributed by atoms with E-state index in [1.165, 1.54) is 18.4 Å². The lowest BCUT2D eigenvalue weighted by Crippen LogP contribution is -2.43. The fourth-order valence-corrected chi connectivity index (χ4v) is 6.09. The number of aromatic nitrogens is 1. The maximum atomic E-state index is 14.0. The Balaban J connectivity index is 1.61. The van der Waals surface area contributed by atoms with Crippen LogP contribution in [0.25, 0.3) is 17.4 Å². The summed E-state index contributed by atoms with van der Waals surface area (Å²) in [6, 6.07) is 17.2. The van der Waals surface area contributed by atoms with Crippen LogP contribution in [-0.2, 0) is 9.53 Å². The number of esters is 1. The first-order chi connectivity index (χ1) is 20.3. The van der Waals surface area contributed by atoms with Crippen molar-refractivity contribution in [3.63, 3.8) is 0 Å². The predicted molar refractivity (Wildman–Crippen MR) is 160 cm³/mol. The summed E-state index contributed by atoms with van der Waals surface area (Å²) in [5.41, 5.74) is 2.63. The van der Waals surface area contributed by atoms with Crippen molar-refractivity contribution in [3.05, 3.63) is 109 Å². The molecule has 0 N–H and O–H groups in total. The van der Waals surface area contributed by atoms with E-state index in [9.17, 15) is 14.4 Å². The number of para-hydroxylation sites is 1. The molecule has 9 nitrogen and oxygen atoms in total. The van der Waals surface area contributed by atoms with Gasteiger partial charge in [0.05, 0.1) is 35.6 Å². The topological polar surface area (TPSA) is 103 Å². The van der Waals surface area contributed by atoms with E-state index in [2.05, 4.69) is 0 Å². The Morgan fingerprint density at radius 3 is 2.43 bits per heavy atom. The first-order valence-corrected chi connectivity index (χ1v) is 14.4. The second-order valence-electron chi connectivity index (χ2n) is 9.57. The molecule has 1 aliphatic rings. The Kier molecular flexibility index (Phi) is 8.26. The highest BCUT2D eigenvalue weighted by Crippen LogP contribution is 2.36. The number of hydrogen-bond donors (Lipinski definition) is 0. The number of amides is 1. The first kappa shape index (κ1) is 28.8. The first-order valence-electron chi connectivity index (χ1n) is 13.5. The molecule has 0 unspecified atom stereocenters. The number of carbonyl (C=O) groups is 2. The zero-order valence-electron chi connectivity index (χ0n) is 24.0. The fourth-order valence-electron chi connectivity index (χ4n) is 5.07. The Bertz CT molecular complexity index is 1860. The summed E-state index contributed by atoms with van der Waals surface area (Å²) in [6.07, 6.45) is 1.68. The summed E-state index contributed by atoms with van der Waals surface area (Å²) in [5, 5.41) is 0. The van der Waals surface area contributed by atoms with Crippen LogP contribution in [0.15, 0.2) is 86.1 Å². The molecule has 10 heteroatoms. The van der Waals surface area contributed by atoms with Crippen LogP contribution in [0.4, 0.5) is 0 Å². The van der Waals surface area contributed by atoms with Gasteiger partial charge in [-0.2, -0.15) is 0 Å². The van der Waals surface area contributed by atoms with E-state index >= 15 is 0 Å². The molecule has 5 rings (SSSR count). The minimum absolute atomic E-state index is 0.166. The summed E-state index contributed by atoms with van der Waals surface area (Å²) in [7, 11) is 2.91. The van der Waals surface area contributed by atoms with Crippen LogP contribution < -0.4 is 19.6 Å². The van der Waals surface area contributed by atoms with E-state index in [1.54, 1.807) is 66.0 Å². The number of allylic oxidation sites excluding steroid dienone is 1. The summed E-state index contributed by atoms with van der Waals surface area (Å²) >= 11 is 1.24. The molecule has 0 saturated carbocycles. The zero-order valence-corrected chi connectivity index (χ0v) is 24.9. The van der Waals surface area contributed by atoms with Gasteiger partial charge in [0.15, 0.2) is 4.80 Å². The normalized spacial score (nSPS) is 14.8. The van der Waals surface area contributed by atoms with Crippen molar-refractivity contribution in [1.29, 1.82) is 0 Å². The van der Waals surface area contributed by atoms with E-state index in [1.807, 2.05) is 38.1 Å². The molecule has 0 aliphatic carbocycles. The van der Waals surface area contributed by atoms with Gasteiger partial charge >= 0.3 is 5.97 Å². The molecule has 3 heterocycles. The van der Waals surface area contributed by atoms with E-state index in [4.69, 9.17) is 18.9 Å². The van der Waals surface area contributed by atoms with Gasteiger partial charge in [0.1, 0.15) is 23.3 Å². The number of likely N-dealkylation sites (N-methyl/N-ethyl adjacent to an activating group) is 1. The number of fused-ring (bicyclic) bond motifs is 1. The summed E-state index contributed by atoms with van der Waals surface area (Å²) in [4.78, 5) is 46.5. The second-order valence-corrected chi connectivity index (χ2v) is 10.6. The number of benzene rings is 2. The lowest BCUT2D eigenvalue weighted by molar-refractivity contribution is -0.127. The molecule has 2 aromatic heterocycles. The highest BCUT2D eigenvalue weighted by atomic mass is 32.1. The monoisotopic (exact) mass is 585 g/mol. The number of hydrogen-bond acceptors (Lipinski definition) is 8. The Morgan fingerprint density at radius 2 is 1.76 bits per heavy atom. The number of thiazole rings is 1. The largest absolute Gasteiger partial charge is 0.496 e. The molecule has 0 bridgehead atoms. The van der Waals surface area contributed by atoms with Crippen LogP contribution in [0.2, 0.25) is 0 Å². The molecule has 1 aliphatic heterocycles. The second kappa shape index (κ2) is 12.0.